The van der Waals surface area contributed by atoms with E-state index in [9.17, 15) is 24.5 Å². The molecule has 1 saturated carbocycles. The molecule has 38 heavy (non-hydrogen) atoms. The van der Waals surface area contributed by atoms with Gasteiger partial charge in [0.2, 0.25) is 0 Å². The molecule has 0 unspecified atom stereocenters. The van der Waals surface area contributed by atoms with Crippen LogP contribution in [-0.4, -0.2) is 46.7 Å². The van der Waals surface area contributed by atoms with Crippen LogP contribution >= 0.6 is 85.5 Å². The molecule has 4 atom stereocenters. The van der Waals surface area contributed by atoms with Crippen molar-refractivity contribution in [2.45, 2.75) is 20.6 Å². The van der Waals surface area contributed by atoms with Crippen LogP contribution in [0, 0.1) is 22.0 Å². The van der Waals surface area contributed by atoms with Crippen LogP contribution in [0.2, 0.25) is 0 Å². The van der Waals surface area contributed by atoms with E-state index in [0.29, 0.717) is 10.6 Å². The summed E-state index contributed by atoms with van der Waals surface area (Å²) >= 11 is 42.6. The van der Waals surface area contributed by atoms with E-state index in [1.807, 2.05) is 0 Å². The Morgan fingerprint density at radius 3 is 1.95 bits per heavy atom. The Morgan fingerprint density at radius 2 is 1.45 bits per heavy atom. The first kappa shape index (κ1) is 28.0. The Morgan fingerprint density at radius 1 is 0.947 bits per heavy atom. The Kier molecular flexibility index (Phi) is 6.79. The molecule has 8 nitrogen and oxygen atoms in total. The monoisotopic (exact) mass is 699 g/mol. The predicted octanol–water partition coefficient (Wildman–Crippen LogP) is 6.36. The van der Waals surface area contributed by atoms with Gasteiger partial charge in [-0.1, -0.05) is 86.6 Å². The fourth-order valence-corrected chi connectivity index (χ4v) is 8.36. The van der Waals surface area contributed by atoms with Crippen molar-refractivity contribution in [3.63, 3.8) is 0 Å². The van der Waals surface area contributed by atoms with Gasteiger partial charge >= 0.3 is 0 Å². The van der Waals surface area contributed by atoms with E-state index >= 15 is 0 Å². The maximum atomic E-state index is 13.9. The number of carbonyl (C=O) groups excluding carboxylic acids is 3. The van der Waals surface area contributed by atoms with Crippen LogP contribution in [-0.2, 0) is 16.1 Å². The van der Waals surface area contributed by atoms with E-state index in [2.05, 4.69) is 15.9 Å². The fourth-order valence-electron chi connectivity index (χ4n) is 5.17. The van der Waals surface area contributed by atoms with E-state index in [-0.39, 0.29) is 22.2 Å². The number of hydrogen-bond acceptors (Lipinski definition) is 5. The van der Waals surface area contributed by atoms with Crippen LogP contribution in [0.25, 0.3) is 0 Å². The summed E-state index contributed by atoms with van der Waals surface area (Å²) in [7, 11) is 0. The third-order valence-corrected chi connectivity index (χ3v) is 11.7. The Labute approximate surface area is 253 Å². The van der Waals surface area contributed by atoms with Gasteiger partial charge in [0.25, 0.3) is 23.4 Å². The number of imide groups is 1. The molecule has 0 N–H and O–H groups in total. The fraction of sp³-hybridized carbons (Fsp3) is 0.261. The van der Waals surface area contributed by atoms with Gasteiger partial charge in [-0.2, -0.15) is 5.01 Å². The van der Waals surface area contributed by atoms with Gasteiger partial charge in [0.1, 0.15) is 15.3 Å². The van der Waals surface area contributed by atoms with Gasteiger partial charge in [-0.05, 0) is 23.8 Å². The molecule has 2 aliphatic carbocycles. The first-order valence-electron chi connectivity index (χ1n) is 10.7. The maximum Gasteiger partial charge on any atom is 0.282 e. The molecule has 0 radical (unpaired) electrons. The molecule has 0 aromatic heterocycles. The van der Waals surface area contributed by atoms with E-state index in [4.69, 9.17) is 69.6 Å². The summed E-state index contributed by atoms with van der Waals surface area (Å²) in [4.78, 5) is 48.4. The minimum Gasteiger partial charge on any atom is -0.272 e. The number of nitro benzene ring substituents is 1. The maximum absolute atomic E-state index is 13.9. The van der Waals surface area contributed by atoms with Crippen LogP contribution in [0.15, 0.2) is 63.1 Å². The summed E-state index contributed by atoms with van der Waals surface area (Å²) in [6.45, 7) is -0.318. The van der Waals surface area contributed by atoms with Crippen LogP contribution in [0.3, 0.4) is 0 Å². The van der Waals surface area contributed by atoms with E-state index < -0.39 is 54.2 Å². The standard InChI is InChI=1S/C23H12BrCl6N3O5/c24-11-7-5-10(6-8-11)9-31(18(34)12-3-1-2-4-13(12)33(37)38)32-19(35)14-15(20(32)36)22(28)17(26)16(25)21(14,27)23(22,29)30/h1-8,14-15H,9H2/t14-,15-,21-,22-/m1/s1. The molecule has 1 aliphatic heterocycles. The van der Waals surface area contributed by atoms with Crippen LogP contribution in [0.5, 0.6) is 0 Å². The van der Waals surface area contributed by atoms with E-state index in [0.717, 1.165) is 15.5 Å². The molecule has 2 bridgehead atoms. The first-order chi connectivity index (χ1) is 17.7. The highest BCUT2D eigenvalue weighted by atomic mass is 79.9. The minimum atomic E-state index is -2.15. The van der Waals surface area contributed by atoms with Gasteiger partial charge in [-0.3, -0.25) is 24.5 Å². The quantitative estimate of drug-likeness (QED) is 0.156. The number of amides is 3. The van der Waals surface area contributed by atoms with Gasteiger partial charge in [0, 0.05) is 10.5 Å². The molecule has 198 valence electrons. The molecule has 2 aromatic rings. The van der Waals surface area contributed by atoms with Crippen molar-refractivity contribution in [2.75, 3.05) is 0 Å². The topological polar surface area (TPSA) is 101 Å². The summed E-state index contributed by atoms with van der Waals surface area (Å²) in [6, 6.07) is 11.8. The Hall–Kier alpha value is -1.59. The van der Waals surface area contributed by atoms with Crippen molar-refractivity contribution in [2.24, 2.45) is 11.8 Å². The van der Waals surface area contributed by atoms with E-state index in [1.165, 1.54) is 18.2 Å². The molecule has 3 amide bonds. The van der Waals surface area contributed by atoms with Crippen molar-refractivity contribution in [3.05, 3.63) is 84.3 Å². The minimum absolute atomic E-state index is 0.283. The number of carbonyl (C=O) groups is 3. The summed E-state index contributed by atoms with van der Waals surface area (Å²) in [6.07, 6.45) is 0. The van der Waals surface area contributed by atoms with Gasteiger partial charge < -0.3 is 0 Å². The molecule has 5 rings (SSSR count). The molecule has 1 saturated heterocycles. The number of nitrogens with zero attached hydrogens (tertiary/aromatic N) is 3. The summed E-state index contributed by atoms with van der Waals surface area (Å²) in [5, 5.41) is 12.5. The average Bonchev–Trinajstić information content (AvgIpc) is 3.26. The Balaban J connectivity index is 1.64. The van der Waals surface area contributed by atoms with Gasteiger partial charge in [-0.25, -0.2) is 5.01 Å². The number of allylic oxidation sites excluding steroid dienone is 2. The second kappa shape index (κ2) is 9.23. The molecule has 15 heteroatoms. The zero-order chi connectivity index (χ0) is 27.9. The summed E-state index contributed by atoms with van der Waals surface area (Å²) < 4.78 is -1.41. The highest BCUT2D eigenvalue weighted by Crippen LogP contribution is 2.77. The first-order valence-corrected chi connectivity index (χ1v) is 13.8. The van der Waals surface area contributed by atoms with Gasteiger partial charge in [0.15, 0.2) is 4.33 Å². The number of rotatable bonds is 5. The third kappa shape index (κ3) is 3.46. The number of para-hydroxylation sites is 1. The smallest absolute Gasteiger partial charge is 0.272 e. The lowest BCUT2D eigenvalue weighted by atomic mass is 9.84. The number of hydrogen-bond donors (Lipinski definition) is 0. The highest BCUT2D eigenvalue weighted by Gasteiger charge is 2.88. The van der Waals surface area contributed by atoms with Crippen molar-refractivity contribution in [1.29, 1.82) is 0 Å². The van der Waals surface area contributed by atoms with Gasteiger partial charge in [-0.15, -0.1) is 23.2 Å². The molecule has 1 heterocycles. The normalized spacial score (nSPS) is 29.2. The summed E-state index contributed by atoms with van der Waals surface area (Å²) in [5.41, 5.74) is -0.372. The molecule has 2 fully saturated rings. The van der Waals surface area contributed by atoms with Crippen LogP contribution in [0.4, 0.5) is 5.69 Å². The van der Waals surface area contributed by atoms with Crippen molar-refractivity contribution >= 4 is 109 Å². The number of nitro groups is 1. The van der Waals surface area contributed by atoms with E-state index in [1.54, 1.807) is 24.3 Å². The lowest BCUT2D eigenvalue weighted by molar-refractivity contribution is -0.385. The molecule has 0 spiro atoms. The number of halogens is 7. The number of alkyl halides is 4. The number of fused-ring (bicyclic) bond motifs is 5. The zero-order valence-corrected chi connectivity index (χ0v) is 24.6. The molecule has 3 aliphatic rings. The average molecular weight is 703 g/mol. The lowest BCUT2D eigenvalue weighted by Crippen LogP contribution is -2.55. The number of benzene rings is 2. The van der Waals surface area contributed by atoms with Crippen LogP contribution < -0.4 is 0 Å². The SMILES string of the molecule is O=C(c1ccccc1[N+](=O)[O-])N(Cc1ccc(Br)cc1)N1C(=O)[C@H]2[C@H](C1=O)[C@@]1(Cl)C(Cl)=C(Cl)[C@@]2(Cl)C1(Cl)Cl. The lowest BCUT2D eigenvalue weighted by Gasteiger charge is -2.37. The van der Waals surface area contributed by atoms with Gasteiger partial charge in [0.05, 0.1) is 33.4 Å². The number of hydrazine groups is 1. The highest BCUT2D eigenvalue weighted by molar-refractivity contribution is 9.10. The molecule has 2 aromatic carbocycles. The van der Waals surface area contributed by atoms with Crippen molar-refractivity contribution in [3.8, 4) is 0 Å². The predicted molar refractivity (Wildman–Crippen MR) is 146 cm³/mol. The second-order valence-corrected chi connectivity index (χ2v) is 13.0. The van der Waals surface area contributed by atoms with Crippen molar-refractivity contribution in [1.82, 2.24) is 10.0 Å². The molecular formula is C23H12BrCl6N3O5. The largest absolute Gasteiger partial charge is 0.282 e. The van der Waals surface area contributed by atoms with Crippen molar-refractivity contribution < 1.29 is 19.3 Å². The third-order valence-electron chi connectivity index (χ3n) is 6.94. The zero-order valence-electron chi connectivity index (χ0n) is 18.5. The second-order valence-electron chi connectivity index (χ2n) is 8.83. The van der Waals surface area contributed by atoms with Crippen LogP contribution in [0.1, 0.15) is 15.9 Å². The summed E-state index contributed by atoms with van der Waals surface area (Å²) in [5.74, 6) is -5.88. The molecular weight excluding hydrogens is 691 g/mol. The Bertz CT molecular complexity index is 1420.